The van der Waals surface area contributed by atoms with E-state index in [2.05, 4.69) is 0 Å². The maximum atomic E-state index is 11.2. The predicted molar refractivity (Wildman–Crippen MR) is 38.0 cm³/mol. The van der Waals surface area contributed by atoms with Crippen molar-refractivity contribution in [3.63, 3.8) is 0 Å². The lowest BCUT2D eigenvalue weighted by Gasteiger charge is -2.12. The molecule has 3 heteroatoms. The third-order valence-corrected chi connectivity index (χ3v) is 5.31. The summed E-state index contributed by atoms with van der Waals surface area (Å²) in [6.07, 6.45) is 1.85. The zero-order valence-corrected chi connectivity index (χ0v) is 6.77. The Morgan fingerprint density at radius 3 is 1.78 bits per heavy atom. The molecule has 0 aromatic heterocycles. The second-order valence-corrected chi connectivity index (χ2v) is 6.06. The molecule has 1 aliphatic rings. The summed E-state index contributed by atoms with van der Waals surface area (Å²) >= 11 is 0. The quantitative estimate of drug-likeness (QED) is 0.532. The van der Waals surface area contributed by atoms with Gasteiger partial charge in [0.15, 0.2) is 0 Å². The second kappa shape index (κ2) is 2.10. The molecule has 0 amide bonds. The molecular weight excluding hydrogens is 135 g/mol. The molecule has 1 heterocycles. The van der Waals surface area contributed by atoms with Crippen LogP contribution >= 0.6 is 7.37 Å². The molecule has 54 valence electrons. The van der Waals surface area contributed by atoms with Gasteiger partial charge in [0.1, 0.15) is 0 Å². The third-order valence-electron chi connectivity index (χ3n) is 2.27. The molecule has 1 aliphatic heterocycles. The van der Waals surface area contributed by atoms with Crippen molar-refractivity contribution in [1.29, 1.82) is 0 Å². The van der Waals surface area contributed by atoms with Crippen molar-refractivity contribution in [2.75, 3.05) is 0 Å². The zero-order chi connectivity index (χ0) is 7.07. The van der Waals surface area contributed by atoms with Crippen LogP contribution in [0.3, 0.4) is 0 Å². The lowest BCUT2D eigenvalue weighted by atomic mass is 10.2. The summed E-state index contributed by atoms with van der Waals surface area (Å²) in [6.45, 7) is 3.73. The first-order valence-electron chi connectivity index (χ1n) is 3.37. The Hall–Kier alpha value is 0.190. The average molecular weight is 148 g/mol. The van der Waals surface area contributed by atoms with E-state index in [4.69, 9.17) is 0 Å². The SMILES string of the molecule is C[C@@H]1CC[C@@H](C)P1(=O)O. The van der Waals surface area contributed by atoms with E-state index in [0.717, 1.165) is 12.8 Å². The van der Waals surface area contributed by atoms with Crippen molar-refractivity contribution in [2.45, 2.75) is 38.0 Å². The molecule has 9 heavy (non-hydrogen) atoms. The molecule has 2 nitrogen and oxygen atoms in total. The maximum absolute atomic E-state index is 11.2. The first-order valence-corrected chi connectivity index (χ1v) is 5.17. The van der Waals surface area contributed by atoms with Gasteiger partial charge in [-0.15, -0.1) is 0 Å². The normalized spacial score (nSPS) is 41.2. The van der Waals surface area contributed by atoms with Gasteiger partial charge in [0.05, 0.1) is 0 Å². The minimum Gasteiger partial charge on any atom is -0.344 e. The van der Waals surface area contributed by atoms with Crippen molar-refractivity contribution in [3.05, 3.63) is 0 Å². The average Bonchev–Trinajstić information content (AvgIpc) is 1.96. The molecule has 0 unspecified atom stereocenters. The highest BCUT2D eigenvalue weighted by Gasteiger charge is 2.39. The van der Waals surface area contributed by atoms with Crippen LogP contribution in [-0.4, -0.2) is 16.2 Å². The van der Waals surface area contributed by atoms with E-state index in [1.165, 1.54) is 0 Å². The van der Waals surface area contributed by atoms with E-state index in [-0.39, 0.29) is 11.3 Å². The van der Waals surface area contributed by atoms with E-state index in [1.807, 2.05) is 13.8 Å². The topological polar surface area (TPSA) is 37.3 Å². The summed E-state index contributed by atoms with van der Waals surface area (Å²) in [7, 11) is -2.73. The summed E-state index contributed by atoms with van der Waals surface area (Å²) in [5.41, 5.74) is 0.0972. The Bertz CT molecular complexity index is 141. The summed E-state index contributed by atoms with van der Waals surface area (Å²) in [5, 5.41) is 0. The van der Waals surface area contributed by atoms with E-state index < -0.39 is 7.37 Å². The highest BCUT2D eigenvalue weighted by molar-refractivity contribution is 7.59. The Labute approximate surface area is 55.7 Å². The maximum Gasteiger partial charge on any atom is 0.206 e. The molecular formula is C6H13O2P. The van der Waals surface area contributed by atoms with Gasteiger partial charge in [0, 0.05) is 11.3 Å². The predicted octanol–water partition coefficient (Wildman–Crippen LogP) is 1.83. The highest BCUT2D eigenvalue weighted by atomic mass is 31.2. The van der Waals surface area contributed by atoms with Gasteiger partial charge in [-0.2, -0.15) is 0 Å². The van der Waals surface area contributed by atoms with E-state index in [1.54, 1.807) is 0 Å². The molecule has 0 saturated carbocycles. The van der Waals surface area contributed by atoms with Gasteiger partial charge in [-0.1, -0.05) is 13.8 Å². The van der Waals surface area contributed by atoms with Gasteiger partial charge in [0.2, 0.25) is 7.37 Å². The van der Waals surface area contributed by atoms with Crippen LogP contribution in [0.4, 0.5) is 0 Å². The highest BCUT2D eigenvalue weighted by Crippen LogP contribution is 2.59. The van der Waals surface area contributed by atoms with Crippen LogP contribution in [0.2, 0.25) is 0 Å². The summed E-state index contributed by atoms with van der Waals surface area (Å²) in [5.74, 6) is 0. The van der Waals surface area contributed by atoms with E-state index in [0.29, 0.717) is 0 Å². The van der Waals surface area contributed by atoms with Crippen molar-refractivity contribution in [2.24, 2.45) is 0 Å². The van der Waals surface area contributed by atoms with Crippen LogP contribution in [0, 0.1) is 0 Å². The summed E-state index contributed by atoms with van der Waals surface area (Å²) in [6, 6.07) is 0. The van der Waals surface area contributed by atoms with Crippen molar-refractivity contribution < 1.29 is 9.46 Å². The molecule has 1 fully saturated rings. The molecule has 2 atom stereocenters. The Balaban J connectivity index is 2.79. The van der Waals surface area contributed by atoms with Gasteiger partial charge < -0.3 is 4.89 Å². The third kappa shape index (κ3) is 1.06. The first-order chi connectivity index (χ1) is 4.05. The van der Waals surface area contributed by atoms with Gasteiger partial charge in [-0.25, -0.2) is 0 Å². The fraction of sp³-hybridized carbons (Fsp3) is 1.00. The van der Waals surface area contributed by atoms with Crippen LogP contribution in [0.1, 0.15) is 26.7 Å². The molecule has 0 aromatic rings. The summed E-state index contributed by atoms with van der Waals surface area (Å²) < 4.78 is 11.2. The first kappa shape index (κ1) is 7.30. The second-order valence-electron chi connectivity index (χ2n) is 2.95. The molecule has 0 radical (unpaired) electrons. The number of hydrogen-bond donors (Lipinski definition) is 1. The lowest BCUT2D eigenvalue weighted by molar-refractivity contribution is 0.468. The lowest BCUT2D eigenvalue weighted by Crippen LogP contribution is -1.99. The molecule has 0 aromatic carbocycles. The summed E-state index contributed by atoms with van der Waals surface area (Å²) in [4.78, 5) is 9.29. The monoisotopic (exact) mass is 148 g/mol. The van der Waals surface area contributed by atoms with Crippen LogP contribution in [-0.2, 0) is 4.57 Å². The molecule has 1 saturated heterocycles. The Morgan fingerprint density at radius 2 is 1.67 bits per heavy atom. The zero-order valence-electron chi connectivity index (χ0n) is 5.87. The van der Waals surface area contributed by atoms with Crippen LogP contribution in [0.15, 0.2) is 0 Å². The number of hydrogen-bond acceptors (Lipinski definition) is 1. The largest absolute Gasteiger partial charge is 0.344 e. The Kier molecular flexibility index (Phi) is 1.71. The van der Waals surface area contributed by atoms with Gasteiger partial charge in [-0.05, 0) is 12.8 Å². The molecule has 0 bridgehead atoms. The minimum atomic E-state index is -2.73. The number of rotatable bonds is 0. The molecule has 1 rings (SSSR count). The van der Waals surface area contributed by atoms with Crippen molar-refractivity contribution in [3.8, 4) is 0 Å². The standard InChI is InChI=1S/C6H13O2P/c1-5-3-4-6(2)9(5,7)8/h5-6H,3-4H2,1-2H3,(H,7,8)/t5-,6-/m1/s1. The fourth-order valence-electron chi connectivity index (χ4n) is 1.29. The van der Waals surface area contributed by atoms with E-state index in [9.17, 15) is 9.46 Å². The molecule has 0 spiro atoms. The van der Waals surface area contributed by atoms with Crippen LogP contribution < -0.4 is 0 Å². The minimum absolute atomic E-state index is 0.0486. The van der Waals surface area contributed by atoms with Gasteiger partial charge in [0.25, 0.3) is 0 Å². The van der Waals surface area contributed by atoms with Crippen molar-refractivity contribution >= 4 is 7.37 Å². The van der Waals surface area contributed by atoms with E-state index >= 15 is 0 Å². The van der Waals surface area contributed by atoms with Crippen LogP contribution in [0.5, 0.6) is 0 Å². The smallest absolute Gasteiger partial charge is 0.206 e. The fourth-order valence-corrected chi connectivity index (χ4v) is 3.19. The van der Waals surface area contributed by atoms with Crippen LogP contribution in [0.25, 0.3) is 0 Å². The van der Waals surface area contributed by atoms with Crippen molar-refractivity contribution in [1.82, 2.24) is 0 Å². The van der Waals surface area contributed by atoms with Gasteiger partial charge in [-0.3, -0.25) is 4.57 Å². The van der Waals surface area contributed by atoms with Gasteiger partial charge >= 0.3 is 0 Å². The Morgan fingerprint density at radius 1 is 1.33 bits per heavy atom. The molecule has 1 N–H and O–H groups in total. The molecule has 0 aliphatic carbocycles.